The Morgan fingerprint density at radius 1 is 1.29 bits per heavy atom. The topological polar surface area (TPSA) is 79.5 Å². The number of hydrogen-bond donors (Lipinski definition) is 0. The van der Waals surface area contributed by atoms with E-state index in [0.29, 0.717) is 37.3 Å². The molecule has 1 fully saturated rings. The smallest absolute Gasteiger partial charge is 0.240 e. The molecule has 0 bridgehead atoms. The van der Waals surface area contributed by atoms with Crippen LogP contribution in [-0.2, 0) is 16.6 Å². The number of rotatable bonds is 8. The van der Waals surface area contributed by atoms with Crippen LogP contribution in [0.1, 0.15) is 57.2 Å². The van der Waals surface area contributed by atoms with Crippen molar-refractivity contribution < 1.29 is 12.9 Å². The van der Waals surface area contributed by atoms with Gasteiger partial charge in [-0.15, -0.1) is 0 Å². The molecule has 24 heavy (non-hydrogen) atoms. The third kappa shape index (κ3) is 5.26. The Hall–Kier alpha value is -0.990. The lowest BCUT2D eigenvalue weighted by Gasteiger charge is -2.28. The third-order valence-corrected chi connectivity index (χ3v) is 6.20. The number of hydrogen-bond acceptors (Lipinski definition) is 6. The summed E-state index contributed by atoms with van der Waals surface area (Å²) in [5.41, 5.74) is 0. The lowest BCUT2D eigenvalue weighted by molar-refractivity contribution is 0.226. The summed E-state index contributed by atoms with van der Waals surface area (Å²) in [7, 11) is -1.02. The van der Waals surface area contributed by atoms with E-state index in [1.54, 1.807) is 0 Å². The summed E-state index contributed by atoms with van der Waals surface area (Å²) in [6.07, 6.45) is 5.10. The van der Waals surface area contributed by atoms with Gasteiger partial charge in [0.25, 0.3) is 0 Å². The first-order valence-corrected chi connectivity index (χ1v) is 10.6. The van der Waals surface area contributed by atoms with Crippen molar-refractivity contribution in [3.05, 3.63) is 11.7 Å². The van der Waals surface area contributed by atoms with E-state index in [0.717, 1.165) is 19.4 Å². The fourth-order valence-corrected chi connectivity index (χ4v) is 4.10. The van der Waals surface area contributed by atoms with Gasteiger partial charge in [-0.3, -0.25) is 4.90 Å². The van der Waals surface area contributed by atoms with Gasteiger partial charge in [0.05, 0.1) is 12.8 Å². The molecule has 0 aromatic carbocycles. The number of nitrogens with zero attached hydrogens (tertiary/aromatic N) is 4. The maximum absolute atomic E-state index is 11.6. The van der Waals surface area contributed by atoms with Gasteiger partial charge in [0.2, 0.25) is 15.9 Å². The Morgan fingerprint density at radius 2 is 1.92 bits per heavy atom. The summed E-state index contributed by atoms with van der Waals surface area (Å²) >= 11 is 0. The first-order chi connectivity index (χ1) is 11.3. The van der Waals surface area contributed by atoms with Crippen LogP contribution in [0.4, 0.5) is 0 Å². The van der Waals surface area contributed by atoms with Crippen molar-refractivity contribution >= 4 is 10.0 Å². The number of sulfonamides is 1. The second kappa shape index (κ2) is 8.40. The van der Waals surface area contributed by atoms with Crippen LogP contribution in [0.25, 0.3) is 0 Å². The van der Waals surface area contributed by atoms with Gasteiger partial charge in [0, 0.05) is 25.6 Å². The van der Waals surface area contributed by atoms with Crippen LogP contribution in [0, 0.1) is 5.92 Å². The zero-order valence-corrected chi connectivity index (χ0v) is 16.0. The average Bonchev–Trinajstić information content (AvgIpc) is 3.00. The molecule has 1 aliphatic rings. The molecule has 1 aromatic heterocycles. The summed E-state index contributed by atoms with van der Waals surface area (Å²) in [6.45, 7) is 7.18. The van der Waals surface area contributed by atoms with Gasteiger partial charge in [-0.25, -0.2) is 12.7 Å². The molecule has 2 rings (SSSR count). The summed E-state index contributed by atoms with van der Waals surface area (Å²) in [4.78, 5) is 6.76. The van der Waals surface area contributed by atoms with Crippen molar-refractivity contribution in [3.63, 3.8) is 0 Å². The van der Waals surface area contributed by atoms with Crippen molar-refractivity contribution in [2.24, 2.45) is 5.92 Å². The molecule has 138 valence electrons. The number of piperidine rings is 1. The molecule has 0 unspecified atom stereocenters. The maximum atomic E-state index is 11.6. The summed E-state index contributed by atoms with van der Waals surface area (Å²) in [6, 6.07) is 0. The highest BCUT2D eigenvalue weighted by Crippen LogP contribution is 2.27. The van der Waals surface area contributed by atoms with Gasteiger partial charge in [0.1, 0.15) is 0 Å². The van der Waals surface area contributed by atoms with Gasteiger partial charge < -0.3 is 4.52 Å². The Balaban J connectivity index is 1.87. The first kappa shape index (κ1) is 19.3. The van der Waals surface area contributed by atoms with E-state index in [1.807, 2.05) is 0 Å². The fraction of sp³-hybridized carbons (Fsp3) is 0.875. The Morgan fingerprint density at radius 3 is 2.46 bits per heavy atom. The third-order valence-electron chi connectivity index (χ3n) is 4.90. The van der Waals surface area contributed by atoms with Crippen LogP contribution < -0.4 is 0 Å². The van der Waals surface area contributed by atoms with Gasteiger partial charge in [-0.1, -0.05) is 31.8 Å². The van der Waals surface area contributed by atoms with Crippen LogP contribution in [0.15, 0.2) is 4.52 Å². The molecular formula is C16H30N4O3S. The zero-order chi connectivity index (χ0) is 17.7. The normalized spacial score (nSPS) is 17.9. The van der Waals surface area contributed by atoms with Crippen LogP contribution in [0.5, 0.6) is 0 Å². The van der Waals surface area contributed by atoms with Gasteiger partial charge >= 0.3 is 0 Å². The molecule has 0 amide bonds. The minimum absolute atomic E-state index is 0.185. The average molecular weight is 359 g/mol. The molecule has 0 aliphatic carbocycles. The molecule has 8 heteroatoms. The predicted octanol–water partition coefficient (Wildman–Crippen LogP) is 2.08. The molecule has 0 saturated carbocycles. The first-order valence-electron chi connectivity index (χ1n) is 8.79. The molecule has 1 saturated heterocycles. The van der Waals surface area contributed by atoms with Gasteiger partial charge in [-0.2, -0.15) is 4.98 Å². The van der Waals surface area contributed by atoms with Crippen molar-refractivity contribution in [2.45, 2.75) is 52.0 Å². The van der Waals surface area contributed by atoms with Crippen molar-refractivity contribution in [1.82, 2.24) is 19.3 Å². The summed E-state index contributed by atoms with van der Waals surface area (Å²) in [5, 5.41) is 4.12. The molecule has 0 N–H and O–H groups in total. The Kier molecular flexibility index (Phi) is 6.77. The van der Waals surface area contributed by atoms with Gasteiger partial charge in [0.15, 0.2) is 5.82 Å². The largest absolute Gasteiger partial charge is 0.338 e. The quantitative estimate of drug-likeness (QED) is 0.708. The maximum Gasteiger partial charge on any atom is 0.240 e. The van der Waals surface area contributed by atoms with Crippen LogP contribution >= 0.6 is 0 Å². The summed E-state index contributed by atoms with van der Waals surface area (Å²) < 4.78 is 30.0. The molecular weight excluding hydrogens is 328 g/mol. The number of aromatic nitrogens is 2. The summed E-state index contributed by atoms with van der Waals surface area (Å²) in [5.74, 6) is 2.24. The van der Waals surface area contributed by atoms with Crippen molar-refractivity contribution in [3.8, 4) is 0 Å². The minimum atomic E-state index is -3.10. The lowest BCUT2D eigenvalue weighted by Crippen LogP contribution is -2.37. The highest BCUT2D eigenvalue weighted by Gasteiger charge is 2.28. The molecule has 0 atom stereocenters. The van der Waals surface area contributed by atoms with Crippen LogP contribution in [0.2, 0.25) is 0 Å². The SMILES string of the molecule is CCC(CC)CN(C)Cc1nc(C2CCN(S(C)(=O)=O)CC2)no1. The molecule has 1 aromatic rings. The van der Waals surface area contributed by atoms with Gasteiger partial charge in [-0.05, 0) is 25.8 Å². The molecule has 1 aliphatic heterocycles. The lowest BCUT2D eigenvalue weighted by atomic mass is 9.98. The van der Waals surface area contributed by atoms with E-state index in [-0.39, 0.29) is 5.92 Å². The standard InChI is InChI=1S/C16H30N4O3S/c1-5-13(6-2)11-19(3)12-15-17-16(18-23-15)14-7-9-20(10-8-14)24(4,21)22/h13-14H,5-12H2,1-4H3. The van der Waals surface area contributed by atoms with E-state index in [2.05, 4.69) is 35.9 Å². The second-order valence-corrected chi connectivity index (χ2v) is 8.84. The van der Waals surface area contributed by atoms with Crippen molar-refractivity contribution in [2.75, 3.05) is 32.9 Å². The van der Waals surface area contributed by atoms with Crippen molar-refractivity contribution in [1.29, 1.82) is 0 Å². The molecule has 2 heterocycles. The van der Waals surface area contributed by atoms with E-state index >= 15 is 0 Å². The fourth-order valence-electron chi connectivity index (χ4n) is 3.23. The minimum Gasteiger partial charge on any atom is -0.338 e. The van der Waals surface area contributed by atoms with E-state index < -0.39 is 10.0 Å². The monoisotopic (exact) mass is 358 g/mol. The van der Waals surface area contributed by atoms with Crippen LogP contribution in [0.3, 0.4) is 0 Å². The highest BCUT2D eigenvalue weighted by atomic mass is 32.2. The van der Waals surface area contributed by atoms with Crippen LogP contribution in [-0.4, -0.2) is 60.7 Å². The molecule has 0 radical (unpaired) electrons. The predicted molar refractivity (Wildman–Crippen MR) is 93.1 cm³/mol. The van der Waals surface area contributed by atoms with E-state index in [4.69, 9.17) is 4.52 Å². The van der Waals surface area contributed by atoms with E-state index in [9.17, 15) is 8.42 Å². The second-order valence-electron chi connectivity index (χ2n) is 6.86. The molecule has 7 nitrogen and oxygen atoms in total. The highest BCUT2D eigenvalue weighted by molar-refractivity contribution is 7.88. The van der Waals surface area contributed by atoms with E-state index in [1.165, 1.54) is 23.4 Å². The Labute approximate surface area is 145 Å². The molecule has 0 spiro atoms. The Bertz CT molecular complexity index is 605. The zero-order valence-electron chi connectivity index (χ0n) is 15.2.